The Balaban J connectivity index is 2.38. The Kier molecular flexibility index (Phi) is 6.12. The van der Waals surface area contributed by atoms with E-state index in [2.05, 4.69) is 20.6 Å². The molecule has 0 fully saturated rings. The highest BCUT2D eigenvalue weighted by Crippen LogP contribution is 2.23. The number of benzene rings is 1. The maximum atomic E-state index is 12.3. The van der Waals surface area contributed by atoms with Crippen LogP contribution in [0.25, 0.3) is 0 Å². The number of nitrogens with zero attached hydrogens (tertiary/aromatic N) is 1. The van der Waals surface area contributed by atoms with E-state index in [4.69, 9.17) is 5.11 Å². The highest BCUT2D eigenvalue weighted by molar-refractivity contribution is 8.00. The lowest BCUT2D eigenvalue weighted by molar-refractivity contribution is -0.136. The van der Waals surface area contributed by atoms with Crippen molar-refractivity contribution in [2.75, 3.05) is 10.6 Å². The Morgan fingerprint density at radius 1 is 1.19 bits per heavy atom. The summed E-state index contributed by atoms with van der Waals surface area (Å²) >= 11 is 0.801. The quantitative estimate of drug-likeness (QED) is 0.443. The van der Waals surface area contributed by atoms with E-state index in [0.717, 1.165) is 11.8 Å². The van der Waals surface area contributed by atoms with Crippen molar-refractivity contribution in [3.05, 3.63) is 46.2 Å². The summed E-state index contributed by atoms with van der Waals surface area (Å²) in [7, 11) is 0. The smallest absolute Gasteiger partial charge is 0.316 e. The molecular formula is C16H16N4O5S. The molecule has 1 heterocycles. The Morgan fingerprint density at radius 3 is 2.42 bits per heavy atom. The summed E-state index contributed by atoms with van der Waals surface area (Å²) in [6.45, 7) is 2.65. The minimum absolute atomic E-state index is 0.00589. The van der Waals surface area contributed by atoms with Gasteiger partial charge in [0.2, 0.25) is 5.91 Å². The number of aliphatic carboxylic acids is 1. The number of amides is 2. The third kappa shape index (κ3) is 4.93. The van der Waals surface area contributed by atoms with Crippen LogP contribution in [0, 0.1) is 0 Å². The first-order valence-electron chi connectivity index (χ1n) is 7.45. The first kappa shape index (κ1) is 19.2. The fraction of sp³-hybridized carbons (Fsp3) is 0.188. The number of H-pyrrole nitrogens is 1. The molecule has 1 aromatic carbocycles. The van der Waals surface area contributed by atoms with Crippen LogP contribution < -0.4 is 16.2 Å². The number of carboxylic acids is 1. The minimum Gasteiger partial charge on any atom is -0.480 e. The van der Waals surface area contributed by atoms with Crippen molar-refractivity contribution in [2.24, 2.45) is 0 Å². The van der Waals surface area contributed by atoms with Crippen LogP contribution in [-0.2, 0) is 9.59 Å². The number of hydrogen-bond donors (Lipinski definition) is 4. The molecule has 1 aromatic heterocycles. The van der Waals surface area contributed by atoms with E-state index in [-0.39, 0.29) is 16.7 Å². The number of aromatic amines is 1. The maximum absolute atomic E-state index is 12.3. The molecule has 0 spiro atoms. The first-order chi connectivity index (χ1) is 12.3. The SMILES string of the molecule is CC(=O)Nc1nc(S[C@@H](C)C(=O)O)[nH]c(=O)c1NC(=O)c1ccccc1. The predicted molar refractivity (Wildman–Crippen MR) is 96.5 cm³/mol. The van der Waals surface area contributed by atoms with Crippen LogP contribution in [0.1, 0.15) is 24.2 Å². The Morgan fingerprint density at radius 2 is 1.85 bits per heavy atom. The number of aromatic nitrogens is 2. The molecule has 26 heavy (non-hydrogen) atoms. The Labute approximate surface area is 152 Å². The van der Waals surface area contributed by atoms with Gasteiger partial charge in [-0.15, -0.1) is 0 Å². The van der Waals surface area contributed by atoms with Gasteiger partial charge >= 0.3 is 5.97 Å². The van der Waals surface area contributed by atoms with E-state index in [0.29, 0.717) is 5.56 Å². The maximum Gasteiger partial charge on any atom is 0.316 e. The van der Waals surface area contributed by atoms with Crippen molar-refractivity contribution in [1.29, 1.82) is 0 Å². The van der Waals surface area contributed by atoms with Gasteiger partial charge in [0.1, 0.15) is 5.25 Å². The average molecular weight is 376 g/mol. The monoisotopic (exact) mass is 376 g/mol. The van der Waals surface area contributed by atoms with E-state index in [1.807, 2.05) is 0 Å². The lowest BCUT2D eigenvalue weighted by Crippen LogP contribution is -2.25. The molecule has 1 atom stereocenters. The fourth-order valence-electron chi connectivity index (χ4n) is 1.87. The molecule has 0 aliphatic rings. The molecule has 0 unspecified atom stereocenters. The molecule has 2 rings (SSSR count). The summed E-state index contributed by atoms with van der Waals surface area (Å²) in [5, 5.41) is 12.9. The summed E-state index contributed by atoms with van der Waals surface area (Å²) in [6.07, 6.45) is 0. The van der Waals surface area contributed by atoms with Crippen LogP contribution in [-0.4, -0.2) is 38.1 Å². The molecule has 2 aromatic rings. The fourth-order valence-corrected chi connectivity index (χ4v) is 2.61. The molecule has 2 amide bonds. The minimum atomic E-state index is -1.08. The summed E-state index contributed by atoms with van der Waals surface area (Å²) in [6, 6.07) is 8.20. The van der Waals surface area contributed by atoms with Gasteiger partial charge in [-0.2, -0.15) is 0 Å². The van der Waals surface area contributed by atoms with E-state index in [1.165, 1.54) is 13.8 Å². The zero-order valence-electron chi connectivity index (χ0n) is 13.9. The molecule has 136 valence electrons. The number of carboxylic acid groups (broad SMARTS) is 1. The second-order valence-electron chi connectivity index (χ2n) is 5.19. The first-order valence-corrected chi connectivity index (χ1v) is 8.33. The average Bonchev–Trinajstić information content (AvgIpc) is 2.58. The van der Waals surface area contributed by atoms with Crippen molar-refractivity contribution in [3.63, 3.8) is 0 Å². The third-order valence-corrected chi connectivity index (χ3v) is 4.07. The van der Waals surface area contributed by atoms with Crippen LogP contribution in [0.15, 0.2) is 40.3 Å². The zero-order valence-corrected chi connectivity index (χ0v) is 14.7. The second kappa shape index (κ2) is 8.30. The van der Waals surface area contributed by atoms with Crippen molar-refractivity contribution in [3.8, 4) is 0 Å². The van der Waals surface area contributed by atoms with E-state index in [1.54, 1.807) is 30.3 Å². The normalized spacial score (nSPS) is 11.5. The second-order valence-corrected chi connectivity index (χ2v) is 6.52. The molecule has 0 saturated carbocycles. The number of thioether (sulfide) groups is 1. The van der Waals surface area contributed by atoms with Crippen LogP contribution in [0.5, 0.6) is 0 Å². The van der Waals surface area contributed by atoms with Gasteiger partial charge in [0.15, 0.2) is 16.7 Å². The number of carbonyl (C=O) groups excluding carboxylic acids is 2. The number of anilines is 2. The summed E-state index contributed by atoms with van der Waals surface area (Å²) in [4.78, 5) is 53.4. The number of nitrogens with one attached hydrogen (secondary N) is 3. The predicted octanol–water partition coefficient (Wildman–Crippen LogP) is 1.55. The van der Waals surface area contributed by atoms with Crippen LogP contribution >= 0.6 is 11.8 Å². The van der Waals surface area contributed by atoms with E-state index >= 15 is 0 Å². The lowest BCUT2D eigenvalue weighted by atomic mass is 10.2. The Bertz CT molecular complexity index is 897. The van der Waals surface area contributed by atoms with Crippen LogP contribution in [0.2, 0.25) is 0 Å². The topological polar surface area (TPSA) is 141 Å². The van der Waals surface area contributed by atoms with Gasteiger partial charge in [-0.3, -0.25) is 24.2 Å². The Hall–Kier alpha value is -3.14. The molecular weight excluding hydrogens is 360 g/mol. The van der Waals surface area contributed by atoms with Gasteiger partial charge in [-0.1, -0.05) is 30.0 Å². The molecule has 4 N–H and O–H groups in total. The van der Waals surface area contributed by atoms with Crippen LogP contribution in [0.4, 0.5) is 11.5 Å². The van der Waals surface area contributed by atoms with Gasteiger partial charge < -0.3 is 15.7 Å². The van der Waals surface area contributed by atoms with Gasteiger partial charge in [0, 0.05) is 12.5 Å². The molecule has 10 heteroatoms. The molecule has 9 nitrogen and oxygen atoms in total. The largest absolute Gasteiger partial charge is 0.480 e. The highest BCUT2D eigenvalue weighted by Gasteiger charge is 2.19. The summed E-state index contributed by atoms with van der Waals surface area (Å²) in [5.74, 6) is -2.30. The molecule has 0 aliphatic heterocycles. The molecule has 0 aliphatic carbocycles. The van der Waals surface area contributed by atoms with Gasteiger partial charge in [-0.05, 0) is 19.1 Å². The molecule has 0 bridgehead atoms. The van der Waals surface area contributed by atoms with E-state index < -0.39 is 28.6 Å². The van der Waals surface area contributed by atoms with Gasteiger partial charge in [0.05, 0.1) is 0 Å². The zero-order chi connectivity index (χ0) is 19.3. The molecule has 0 saturated heterocycles. The third-order valence-electron chi connectivity index (χ3n) is 3.10. The van der Waals surface area contributed by atoms with Crippen molar-refractivity contribution in [1.82, 2.24) is 9.97 Å². The van der Waals surface area contributed by atoms with E-state index in [9.17, 15) is 19.2 Å². The number of rotatable bonds is 6. The van der Waals surface area contributed by atoms with Gasteiger partial charge in [0.25, 0.3) is 11.5 Å². The summed E-state index contributed by atoms with van der Waals surface area (Å²) in [5.41, 5.74) is -0.631. The molecule has 0 radical (unpaired) electrons. The number of carbonyl (C=O) groups is 3. The van der Waals surface area contributed by atoms with Crippen molar-refractivity contribution >= 4 is 41.1 Å². The van der Waals surface area contributed by atoms with Gasteiger partial charge in [-0.25, -0.2) is 4.98 Å². The lowest BCUT2D eigenvalue weighted by Gasteiger charge is -2.12. The van der Waals surface area contributed by atoms with Crippen molar-refractivity contribution in [2.45, 2.75) is 24.3 Å². The number of hydrogen-bond acceptors (Lipinski definition) is 6. The standard InChI is InChI=1S/C16H16N4O5S/c1-8(15(24)25)26-16-19-12(17-9(2)21)11(14(23)20-16)18-13(22)10-6-4-3-5-7-10/h3-8H,1-2H3,(H,18,22)(H,24,25)(H2,17,19,20,21,23)/t8-/m0/s1. The summed E-state index contributed by atoms with van der Waals surface area (Å²) < 4.78 is 0. The van der Waals surface area contributed by atoms with Crippen LogP contribution in [0.3, 0.4) is 0 Å². The highest BCUT2D eigenvalue weighted by atomic mass is 32.2. The van der Waals surface area contributed by atoms with Crippen molar-refractivity contribution < 1.29 is 19.5 Å².